The zero-order valence-corrected chi connectivity index (χ0v) is 20.4. The van der Waals surface area contributed by atoms with Crippen molar-refractivity contribution in [1.29, 1.82) is 0 Å². The average molecular weight is 499 g/mol. The standard InChI is InChI=1S/C20H22ClF3N2O.C6H12O/c1-12-15(19(25)27)10-18(26(12)11-13-5-3-2-4-6-13)16-9-14(20(22,23)24)7-8-17(16)21;7-6-4-2-1-3-5-6/h7-10,13H,2-6,11H2,1H3,(H2,25,27);6-7H,1-5H2. The molecule has 188 valence electrons. The molecule has 0 bridgehead atoms. The Hall–Kier alpha value is -1.99. The first-order valence-corrected chi connectivity index (χ1v) is 12.5. The van der Waals surface area contributed by atoms with Gasteiger partial charge in [-0.1, -0.05) is 50.1 Å². The minimum Gasteiger partial charge on any atom is -0.393 e. The third-order valence-corrected chi connectivity index (χ3v) is 7.27. The van der Waals surface area contributed by atoms with E-state index in [9.17, 15) is 18.0 Å². The summed E-state index contributed by atoms with van der Waals surface area (Å²) < 4.78 is 41.4. The van der Waals surface area contributed by atoms with E-state index in [0.29, 0.717) is 29.4 Å². The van der Waals surface area contributed by atoms with Crippen LogP contribution in [0.15, 0.2) is 24.3 Å². The zero-order valence-electron chi connectivity index (χ0n) is 19.6. The Morgan fingerprint density at radius 1 is 1.06 bits per heavy atom. The van der Waals surface area contributed by atoms with E-state index in [4.69, 9.17) is 22.4 Å². The molecule has 34 heavy (non-hydrogen) atoms. The molecule has 0 radical (unpaired) electrons. The van der Waals surface area contributed by atoms with E-state index in [-0.39, 0.29) is 16.7 Å². The number of nitrogens with two attached hydrogens (primary N) is 1. The number of benzene rings is 1. The van der Waals surface area contributed by atoms with E-state index in [2.05, 4.69) is 0 Å². The second kappa shape index (κ2) is 11.6. The summed E-state index contributed by atoms with van der Waals surface area (Å²) in [6.45, 7) is 2.41. The summed E-state index contributed by atoms with van der Waals surface area (Å²) in [7, 11) is 0. The van der Waals surface area contributed by atoms with Gasteiger partial charge in [-0.05, 0) is 62.8 Å². The highest BCUT2D eigenvalue weighted by molar-refractivity contribution is 6.33. The number of aliphatic hydroxyl groups excluding tert-OH is 1. The molecule has 0 aliphatic heterocycles. The number of amides is 1. The lowest BCUT2D eigenvalue weighted by Crippen LogP contribution is -2.17. The molecule has 2 aliphatic rings. The number of alkyl halides is 3. The van der Waals surface area contributed by atoms with E-state index in [0.717, 1.165) is 50.7 Å². The molecule has 8 heteroatoms. The predicted octanol–water partition coefficient (Wildman–Crippen LogP) is 7.13. The van der Waals surface area contributed by atoms with Gasteiger partial charge < -0.3 is 15.4 Å². The molecule has 2 fully saturated rings. The average Bonchev–Trinajstić information content (AvgIpc) is 3.11. The number of rotatable bonds is 4. The number of aromatic nitrogens is 1. The Morgan fingerprint density at radius 2 is 1.65 bits per heavy atom. The number of hydrogen-bond acceptors (Lipinski definition) is 2. The van der Waals surface area contributed by atoms with Gasteiger partial charge in [-0.25, -0.2) is 0 Å². The normalized spacial score (nSPS) is 17.8. The third kappa shape index (κ3) is 6.79. The van der Waals surface area contributed by atoms with Gasteiger partial charge in [-0.3, -0.25) is 4.79 Å². The summed E-state index contributed by atoms with van der Waals surface area (Å²) in [4.78, 5) is 11.8. The van der Waals surface area contributed by atoms with E-state index in [1.807, 2.05) is 4.57 Å². The maximum Gasteiger partial charge on any atom is 0.416 e. The number of hydrogen-bond donors (Lipinski definition) is 2. The lowest BCUT2D eigenvalue weighted by molar-refractivity contribution is -0.137. The van der Waals surface area contributed by atoms with Crippen LogP contribution in [0.3, 0.4) is 0 Å². The number of primary amides is 1. The Labute approximate surface area is 204 Å². The molecule has 1 amide bonds. The molecule has 1 aromatic heterocycles. The number of halogens is 4. The Bertz CT molecular complexity index is 975. The molecule has 3 N–H and O–H groups in total. The highest BCUT2D eigenvalue weighted by Gasteiger charge is 2.32. The highest BCUT2D eigenvalue weighted by Crippen LogP contribution is 2.38. The fourth-order valence-electron chi connectivity index (χ4n) is 4.96. The van der Waals surface area contributed by atoms with Gasteiger partial charge in [-0.2, -0.15) is 13.2 Å². The van der Waals surface area contributed by atoms with Crippen LogP contribution in [-0.4, -0.2) is 21.7 Å². The van der Waals surface area contributed by atoms with Crippen molar-refractivity contribution in [3.63, 3.8) is 0 Å². The molecule has 4 rings (SSSR count). The quantitative estimate of drug-likeness (QED) is 0.471. The Balaban J connectivity index is 0.000000396. The molecule has 1 aromatic carbocycles. The molecule has 1 heterocycles. The number of aliphatic hydroxyl groups is 1. The first kappa shape index (κ1) is 26.6. The van der Waals surface area contributed by atoms with Crippen LogP contribution in [0, 0.1) is 12.8 Å². The molecule has 0 atom stereocenters. The third-order valence-electron chi connectivity index (χ3n) is 6.94. The highest BCUT2D eigenvalue weighted by atomic mass is 35.5. The number of carbonyl (C=O) groups is 1. The summed E-state index contributed by atoms with van der Waals surface area (Å²) >= 11 is 6.24. The van der Waals surface area contributed by atoms with Gasteiger partial charge in [0, 0.05) is 22.8 Å². The van der Waals surface area contributed by atoms with E-state index >= 15 is 0 Å². The number of carbonyl (C=O) groups excluding carboxylic acids is 1. The van der Waals surface area contributed by atoms with Gasteiger partial charge in [-0.15, -0.1) is 0 Å². The predicted molar refractivity (Wildman–Crippen MR) is 129 cm³/mol. The fourth-order valence-corrected chi connectivity index (χ4v) is 5.17. The van der Waals surface area contributed by atoms with Crippen LogP contribution in [0.2, 0.25) is 5.02 Å². The van der Waals surface area contributed by atoms with Gasteiger partial charge in [0.2, 0.25) is 0 Å². The summed E-state index contributed by atoms with van der Waals surface area (Å²) in [5, 5.41) is 9.12. The lowest BCUT2D eigenvalue weighted by Gasteiger charge is -2.24. The molecular weight excluding hydrogens is 465 g/mol. The molecule has 4 nitrogen and oxygen atoms in total. The molecule has 0 unspecified atom stereocenters. The van der Waals surface area contributed by atoms with Gasteiger partial charge in [0.1, 0.15) is 0 Å². The van der Waals surface area contributed by atoms with Gasteiger partial charge in [0.05, 0.1) is 22.9 Å². The lowest BCUT2D eigenvalue weighted by atomic mass is 9.89. The monoisotopic (exact) mass is 498 g/mol. The van der Waals surface area contributed by atoms with Gasteiger partial charge in [0.15, 0.2) is 0 Å². The molecular formula is C26H34ClF3N2O2. The van der Waals surface area contributed by atoms with Crippen LogP contribution >= 0.6 is 11.6 Å². The van der Waals surface area contributed by atoms with Crippen LogP contribution in [-0.2, 0) is 12.7 Å². The van der Waals surface area contributed by atoms with Crippen LogP contribution < -0.4 is 5.73 Å². The minimum atomic E-state index is -4.47. The van der Waals surface area contributed by atoms with Crippen molar-refractivity contribution in [2.75, 3.05) is 0 Å². The van der Waals surface area contributed by atoms with E-state index in [1.165, 1.54) is 31.7 Å². The van der Waals surface area contributed by atoms with Crippen molar-refractivity contribution in [2.24, 2.45) is 11.7 Å². The van der Waals surface area contributed by atoms with Crippen molar-refractivity contribution in [1.82, 2.24) is 4.57 Å². The largest absolute Gasteiger partial charge is 0.416 e. The summed E-state index contributed by atoms with van der Waals surface area (Å²) in [5.41, 5.74) is 6.45. The van der Waals surface area contributed by atoms with Crippen LogP contribution in [0.4, 0.5) is 13.2 Å². The second-order valence-electron chi connectivity index (χ2n) is 9.49. The summed E-state index contributed by atoms with van der Waals surface area (Å²) in [5.74, 6) is -0.173. The zero-order chi connectivity index (χ0) is 24.9. The second-order valence-corrected chi connectivity index (χ2v) is 9.90. The van der Waals surface area contributed by atoms with Gasteiger partial charge in [0.25, 0.3) is 5.91 Å². The molecule has 2 aromatic rings. The first-order chi connectivity index (χ1) is 16.1. The van der Waals surface area contributed by atoms with Crippen LogP contribution in [0.25, 0.3) is 11.3 Å². The molecule has 0 spiro atoms. The topological polar surface area (TPSA) is 68.2 Å². The minimum absolute atomic E-state index is 0.0359. The van der Waals surface area contributed by atoms with Crippen molar-refractivity contribution in [3.05, 3.63) is 46.1 Å². The first-order valence-electron chi connectivity index (χ1n) is 12.1. The van der Waals surface area contributed by atoms with Crippen molar-refractivity contribution in [3.8, 4) is 11.3 Å². The Morgan fingerprint density at radius 3 is 2.15 bits per heavy atom. The summed E-state index contributed by atoms with van der Waals surface area (Å²) in [6.07, 6.45) is 7.09. The van der Waals surface area contributed by atoms with E-state index in [1.54, 1.807) is 13.0 Å². The maximum atomic E-state index is 13.2. The smallest absolute Gasteiger partial charge is 0.393 e. The van der Waals surface area contributed by atoms with Crippen LogP contribution in [0.1, 0.15) is 85.8 Å². The van der Waals surface area contributed by atoms with Crippen molar-refractivity contribution < 1.29 is 23.1 Å². The van der Waals surface area contributed by atoms with Crippen LogP contribution in [0.5, 0.6) is 0 Å². The molecule has 0 saturated heterocycles. The SMILES string of the molecule is Cc1c(C(N)=O)cc(-c2cc(C(F)(F)F)ccc2Cl)n1CC1CCCCC1.OC1CCCCC1. The van der Waals surface area contributed by atoms with E-state index < -0.39 is 17.6 Å². The van der Waals surface area contributed by atoms with Crippen molar-refractivity contribution >= 4 is 17.5 Å². The number of nitrogens with zero attached hydrogens (tertiary/aromatic N) is 1. The Kier molecular flexibility index (Phi) is 9.10. The van der Waals surface area contributed by atoms with Gasteiger partial charge >= 0.3 is 6.18 Å². The molecule has 2 aliphatic carbocycles. The van der Waals surface area contributed by atoms with Crippen molar-refractivity contribution in [2.45, 2.75) is 90.0 Å². The molecule has 2 saturated carbocycles. The summed E-state index contributed by atoms with van der Waals surface area (Å²) in [6, 6.07) is 4.81. The maximum absolute atomic E-state index is 13.2. The fraction of sp³-hybridized carbons (Fsp3) is 0.577.